The average molecular weight is 165 g/mol. The molecule has 0 atom stereocenters. The molecule has 0 spiro atoms. The summed E-state index contributed by atoms with van der Waals surface area (Å²) in [5.74, 6) is 0.506. The fraction of sp³-hybridized carbons (Fsp3) is 0.167. The first-order valence-electron chi connectivity index (χ1n) is 3.42. The molecule has 2 aromatic rings. The minimum Gasteiger partial charge on any atom is -0.371 e. The zero-order valence-electron chi connectivity index (χ0n) is 6.38. The molecule has 0 aliphatic heterocycles. The van der Waals surface area contributed by atoms with Crippen LogP contribution in [0.25, 0.3) is 11.2 Å². The Morgan fingerprint density at radius 1 is 1.58 bits per heavy atom. The molecule has 6 nitrogen and oxygen atoms in total. The number of anilines is 1. The predicted octanol–water partition coefficient (Wildman–Crippen LogP) is -0.312. The van der Waals surface area contributed by atoms with E-state index >= 15 is 0 Å². The first-order valence-corrected chi connectivity index (χ1v) is 3.42. The molecule has 0 aliphatic rings. The van der Waals surface area contributed by atoms with E-state index in [1.165, 1.54) is 6.33 Å². The van der Waals surface area contributed by atoms with Gasteiger partial charge in [0.05, 0.1) is 6.33 Å². The van der Waals surface area contributed by atoms with Gasteiger partial charge in [-0.2, -0.15) is 4.98 Å². The Morgan fingerprint density at radius 2 is 2.42 bits per heavy atom. The van der Waals surface area contributed by atoms with Crippen molar-refractivity contribution in [2.24, 2.45) is 0 Å². The molecule has 0 radical (unpaired) electrons. The summed E-state index contributed by atoms with van der Waals surface area (Å²) in [5, 5.41) is 2.79. The van der Waals surface area contributed by atoms with Crippen molar-refractivity contribution in [1.29, 1.82) is 0 Å². The topological polar surface area (TPSA) is 86.5 Å². The second-order valence-electron chi connectivity index (χ2n) is 2.27. The summed E-state index contributed by atoms with van der Waals surface area (Å²) in [6.45, 7) is 0. The molecule has 3 N–H and O–H groups in total. The molecule has 0 unspecified atom stereocenters. The molecule has 6 heteroatoms. The highest BCUT2D eigenvalue weighted by atomic mass is 16.1. The third kappa shape index (κ3) is 0.849. The Hall–Kier alpha value is -1.85. The molecular weight excluding hydrogens is 158 g/mol. The first-order chi connectivity index (χ1) is 5.81. The van der Waals surface area contributed by atoms with Gasteiger partial charge in [0.15, 0.2) is 11.5 Å². The first kappa shape index (κ1) is 6.84. The van der Waals surface area contributed by atoms with Gasteiger partial charge in [0.2, 0.25) is 0 Å². The van der Waals surface area contributed by atoms with Gasteiger partial charge in [0.1, 0.15) is 5.52 Å². The second-order valence-corrected chi connectivity index (χ2v) is 2.27. The highest BCUT2D eigenvalue weighted by Gasteiger charge is 2.03. The van der Waals surface area contributed by atoms with Crippen molar-refractivity contribution in [2.75, 3.05) is 12.4 Å². The van der Waals surface area contributed by atoms with Gasteiger partial charge >= 0.3 is 5.69 Å². The number of nitrogens with zero attached hydrogens (tertiary/aromatic N) is 2. The smallest absolute Gasteiger partial charge is 0.348 e. The summed E-state index contributed by atoms with van der Waals surface area (Å²) >= 11 is 0. The highest BCUT2D eigenvalue weighted by Crippen LogP contribution is 2.10. The minimum absolute atomic E-state index is 0.404. The fourth-order valence-electron chi connectivity index (χ4n) is 1.04. The number of imidazole rings is 1. The van der Waals surface area contributed by atoms with E-state index in [0.717, 1.165) is 0 Å². The highest BCUT2D eigenvalue weighted by molar-refractivity contribution is 5.81. The van der Waals surface area contributed by atoms with Crippen molar-refractivity contribution in [2.45, 2.75) is 0 Å². The second kappa shape index (κ2) is 2.33. The van der Waals surface area contributed by atoms with E-state index in [-0.39, 0.29) is 0 Å². The Morgan fingerprint density at radius 3 is 3.17 bits per heavy atom. The summed E-state index contributed by atoms with van der Waals surface area (Å²) in [7, 11) is 1.70. The van der Waals surface area contributed by atoms with Crippen LogP contribution in [0.1, 0.15) is 0 Å². The number of rotatable bonds is 1. The van der Waals surface area contributed by atoms with E-state index < -0.39 is 5.69 Å². The number of nitrogens with one attached hydrogen (secondary N) is 3. The number of hydrogen-bond acceptors (Lipinski definition) is 4. The molecule has 62 valence electrons. The van der Waals surface area contributed by atoms with Gasteiger partial charge in [-0.05, 0) is 0 Å². The lowest BCUT2D eigenvalue weighted by molar-refractivity contribution is 1.10. The summed E-state index contributed by atoms with van der Waals surface area (Å²) in [6.07, 6.45) is 1.50. The monoisotopic (exact) mass is 165 g/mol. The Balaban J connectivity index is 2.89. The lowest BCUT2D eigenvalue weighted by atomic mass is 10.5. The van der Waals surface area contributed by atoms with Crippen LogP contribution in [0, 0.1) is 0 Å². The van der Waals surface area contributed by atoms with E-state index in [9.17, 15) is 4.79 Å². The third-order valence-electron chi connectivity index (χ3n) is 1.55. The van der Waals surface area contributed by atoms with E-state index in [0.29, 0.717) is 17.0 Å². The van der Waals surface area contributed by atoms with E-state index in [1.807, 2.05) is 0 Å². The molecule has 12 heavy (non-hydrogen) atoms. The lowest BCUT2D eigenvalue weighted by Gasteiger charge is -1.96. The maximum absolute atomic E-state index is 10.9. The number of fused-ring (bicyclic) bond motifs is 1. The average Bonchev–Trinajstić information content (AvgIpc) is 2.50. The van der Waals surface area contributed by atoms with Crippen molar-refractivity contribution >= 4 is 17.0 Å². The Labute approximate surface area is 67.1 Å². The standard InChI is InChI=1S/C6H7N5O/c1-7-4-3-5(9-2-8-3)11-6(12)10-4/h2H,1H3,(H3,7,8,9,10,11,12). The molecule has 2 aromatic heterocycles. The maximum Gasteiger partial charge on any atom is 0.348 e. The van der Waals surface area contributed by atoms with E-state index in [4.69, 9.17) is 0 Å². The third-order valence-corrected chi connectivity index (χ3v) is 1.55. The quantitative estimate of drug-likeness (QED) is 0.541. The summed E-state index contributed by atoms with van der Waals surface area (Å²) in [4.78, 5) is 23.9. The molecule has 2 rings (SSSR count). The normalized spacial score (nSPS) is 10.4. The minimum atomic E-state index is -0.404. The molecule has 2 heterocycles. The van der Waals surface area contributed by atoms with Crippen LogP contribution in [0.15, 0.2) is 11.1 Å². The van der Waals surface area contributed by atoms with Crippen LogP contribution in [0.5, 0.6) is 0 Å². The largest absolute Gasteiger partial charge is 0.371 e. The van der Waals surface area contributed by atoms with Crippen LogP contribution in [-0.4, -0.2) is 27.0 Å². The van der Waals surface area contributed by atoms with Gasteiger partial charge in [-0.1, -0.05) is 0 Å². The molecule has 0 aliphatic carbocycles. The zero-order chi connectivity index (χ0) is 8.55. The molecule has 0 saturated carbocycles. The summed E-state index contributed by atoms with van der Waals surface area (Å²) in [6, 6.07) is 0. The molecule has 0 aromatic carbocycles. The number of H-pyrrole nitrogens is 2. The van der Waals surface area contributed by atoms with Crippen LogP contribution in [0.2, 0.25) is 0 Å². The number of hydrogen-bond donors (Lipinski definition) is 3. The molecule has 0 saturated heterocycles. The molecular formula is C6H7N5O. The fourth-order valence-corrected chi connectivity index (χ4v) is 1.04. The lowest BCUT2D eigenvalue weighted by Crippen LogP contribution is -2.12. The zero-order valence-corrected chi connectivity index (χ0v) is 6.38. The molecule has 0 bridgehead atoms. The van der Waals surface area contributed by atoms with Gasteiger partial charge in [-0.3, -0.25) is 4.98 Å². The molecule has 0 amide bonds. The van der Waals surface area contributed by atoms with Gasteiger partial charge in [0.25, 0.3) is 0 Å². The van der Waals surface area contributed by atoms with Crippen LogP contribution in [0.3, 0.4) is 0 Å². The van der Waals surface area contributed by atoms with Gasteiger partial charge < -0.3 is 10.3 Å². The van der Waals surface area contributed by atoms with Gasteiger partial charge in [-0.15, -0.1) is 0 Å². The van der Waals surface area contributed by atoms with Crippen molar-refractivity contribution in [3.05, 3.63) is 16.8 Å². The van der Waals surface area contributed by atoms with Gasteiger partial charge in [0, 0.05) is 7.05 Å². The predicted molar refractivity (Wildman–Crippen MR) is 44.1 cm³/mol. The van der Waals surface area contributed by atoms with Crippen LogP contribution < -0.4 is 11.0 Å². The SMILES string of the molecule is CNc1nc(=O)[nH]c2nc[nH]c12. The molecule has 0 fully saturated rings. The van der Waals surface area contributed by atoms with Crippen LogP contribution >= 0.6 is 0 Å². The Kier molecular flexibility index (Phi) is 1.33. The van der Waals surface area contributed by atoms with Crippen molar-refractivity contribution < 1.29 is 0 Å². The number of aromatic amines is 2. The van der Waals surface area contributed by atoms with Crippen molar-refractivity contribution in [3.63, 3.8) is 0 Å². The van der Waals surface area contributed by atoms with Crippen LogP contribution in [-0.2, 0) is 0 Å². The maximum atomic E-state index is 10.9. The van der Waals surface area contributed by atoms with Gasteiger partial charge in [-0.25, -0.2) is 9.78 Å². The van der Waals surface area contributed by atoms with Crippen molar-refractivity contribution in [3.8, 4) is 0 Å². The summed E-state index contributed by atoms with van der Waals surface area (Å²) < 4.78 is 0. The van der Waals surface area contributed by atoms with E-state index in [2.05, 4.69) is 25.3 Å². The van der Waals surface area contributed by atoms with Crippen LogP contribution in [0.4, 0.5) is 5.82 Å². The Bertz CT molecular complexity index is 456. The van der Waals surface area contributed by atoms with E-state index in [1.54, 1.807) is 7.05 Å². The van der Waals surface area contributed by atoms with Crippen molar-refractivity contribution in [1.82, 2.24) is 19.9 Å². The summed E-state index contributed by atoms with van der Waals surface area (Å²) in [5.41, 5.74) is 0.815. The number of aromatic nitrogens is 4.